The summed E-state index contributed by atoms with van der Waals surface area (Å²) in [5.41, 5.74) is 2.53. The van der Waals surface area contributed by atoms with Crippen LogP contribution in [0.3, 0.4) is 0 Å². The van der Waals surface area contributed by atoms with Gasteiger partial charge in [0.25, 0.3) is 0 Å². The Morgan fingerprint density at radius 3 is 3.00 bits per heavy atom. The van der Waals surface area contributed by atoms with Crippen molar-refractivity contribution < 1.29 is 9.90 Å². The lowest BCUT2D eigenvalue weighted by atomic mass is 9.81. The van der Waals surface area contributed by atoms with E-state index in [1.54, 1.807) is 16.8 Å². The van der Waals surface area contributed by atoms with Gasteiger partial charge in [0.15, 0.2) is 5.65 Å². The number of rotatable bonds is 3. The molecule has 0 atom stereocenters. The first-order valence-corrected chi connectivity index (χ1v) is 6.00. The molecule has 1 aliphatic rings. The fraction of sp³-hybridized carbons (Fsp3) is 0.308. The minimum Gasteiger partial charge on any atom is -0.478 e. The van der Waals surface area contributed by atoms with Crippen molar-refractivity contribution in [2.75, 3.05) is 0 Å². The molecule has 1 N–H and O–H groups in total. The average Bonchev–Trinajstić information content (AvgIpc) is 2.62. The van der Waals surface area contributed by atoms with Crippen molar-refractivity contribution in [3.63, 3.8) is 0 Å². The van der Waals surface area contributed by atoms with E-state index in [-0.39, 0.29) is 0 Å². The second kappa shape index (κ2) is 4.25. The van der Waals surface area contributed by atoms with Crippen LogP contribution in [0, 0.1) is 0 Å². The van der Waals surface area contributed by atoms with Crippen molar-refractivity contribution in [3.8, 4) is 0 Å². The number of carboxylic acids is 1. The zero-order valence-electron chi connectivity index (χ0n) is 9.78. The molecule has 2 aromatic rings. The first-order valence-electron chi connectivity index (χ1n) is 6.00. The van der Waals surface area contributed by atoms with Crippen molar-refractivity contribution in [3.05, 3.63) is 35.8 Å². The van der Waals surface area contributed by atoms with Gasteiger partial charge in [0.1, 0.15) is 0 Å². The Bertz CT molecular complexity index is 626. The van der Waals surface area contributed by atoms with E-state index in [1.165, 1.54) is 6.42 Å². The molecule has 1 aliphatic carbocycles. The molecule has 1 saturated carbocycles. The third kappa shape index (κ3) is 1.77. The van der Waals surface area contributed by atoms with Gasteiger partial charge in [-0.15, -0.1) is 0 Å². The summed E-state index contributed by atoms with van der Waals surface area (Å²) in [7, 11) is 0. The quantitative estimate of drug-likeness (QED) is 0.838. The molecule has 5 heteroatoms. The highest BCUT2D eigenvalue weighted by molar-refractivity contribution is 5.87. The predicted molar refractivity (Wildman–Crippen MR) is 66.2 cm³/mol. The summed E-state index contributed by atoms with van der Waals surface area (Å²) >= 11 is 0. The molecule has 0 aromatic carbocycles. The lowest BCUT2D eigenvalue weighted by Crippen LogP contribution is -2.10. The molecule has 2 heterocycles. The molecule has 0 radical (unpaired) electrons. The third-order valence-electron chi connectivity index (χ3n) is 3.34. The highest BCUT2D eigenvalue weighted by Gasteiger charge is 2.26. The van der Waals surface area contributed by atoms with E-state index in [2.05, 4.69) is 10.1 Å². The van der Waals surface area contributed by atoms with Crippen LogP contribution in [0.2, 0.25) is 0 Å². The number of aromatic nitrogens is 3. The van der Waals surface area contributed by atoms with Gasteiger partial charge in [-0.05, 0) is 25.0 Å². The Morgan fingerprint density at radius 2 is 2.33 bits per heavy atom. The van der Waals surface area contributed by atoms with E-state index < -0.39 is 5.97 Å². The number of hydrogen-bond acceptors (Lipinski definition) is 3. The van der Waals surface area contributed by atoms with Gasteiger partial charge in [-0.2, -0.15) is 5.10 Å². The number of nitrogens with zero attached hydrogens (tertiary/aromatic N) is 3. The van der Waals surface area contributed by atoms with Gasteiger partial charge in [0.05, 0.1) is 5.69 Å². The van der Waals surface area contributed by atoms with Crippen LogP contribution < -0.4 is 0 Å². The van der Waals surface area contributed by atoms with Crippen LogP contribution in [0.5, 0.6) is 0 Å². The molecular weight excluding hydrogens is 230 g/mol. The van der Waals surface area contributed by atoms with Gasteiger partial charge in [-0.1, -0.05) is 6.42 Å². The number of hydrogen-bond donors (Lipinski definition) is 1. The molecule has 0 bridgehead atoms. The maximum atomic E-state index is 10.7. The first kappa shape index (κ1) is 11.0. The largest absolute Gasteiger partial charge is 0.478 e. The summed E-state index contributed by atoms with van der Waals surface area (Å²) in [5, 5.41) is 13.3. The van der Waals surface area contributed by atoms with Crippen LogP contribution >= 0.6 is 0 Å². The molecule has 0 aliphatic heterocycles. The molecular formula is C13H13N3O2. The van der Waals surface area contributed by atoms with Crippen LogP contribution in [0.15, 0.2) is 24.5 Å². The van der Waals surface area contributed by atoms with Crippen molar-refractivity contribution in [1.29, 1.82) is 0 Å². The van der Waals surface area contributed by atoms with E-state index in [0.717, 1.165) is 35.8 Å². The molecule has 1 fully saturated rings. The number of aliphatic carboxylic acids is 1. The molecule has 0 saturated heterocycles. The number of carbonyl (C=O) groups is 1. The highest BCUT2D eigenvalue weighted by Crippen LogP contribution is 2.38. The van der Waals surface area contributed by atoms with Crippen LogP contribution in [0.1, 0.15) is 36.4 Å². The standard InChI is InChI=1S/C13H13N3O2/c17-11(18)6-5-10-12(9-3-1-4-9)15-16-8-2-7-14-13(10)16/h2,5-9H,1,3-4H2,(H,17,18)/b6-5+. The second-order valence-electron chi connectivity index (χ2n) is 4.49. The van der Waals surface area contributed by atoms with E-state index in [4.69, 9.17) is 5.11 Å². The summed E-state index contributed by atoms with van der Waals surface area (Å²) in [5.74, 6) is -0.509. The zero-order chi connectivity index (χ0) is 12.5. The molecule has 5 nitrogen and oxygen atoms in total. The Labute approximate surface area is 104 Å². The summed E-state index contributed by atoms with van der Waals surface area (Å²) in [6, 6.07) is 1.81. The lowest BCUT2D eigenvalue weighted by molar-refractivity contribution is -0.131. The molecule has 2 aromatic heterocycles. The predicted octanol–water partition coefficient (Wildman–Crippen LogP) is 2.09. The minimum absolute atomic E-state index is 0.445. The Balaban J connectivity index is 2.14. The summed E-state index contributed by atoms with van der Waals surface area (Å²) in [6.45, 7) is 0. The minimum atomic E-state index is -0.954. The maximum Gasteiger partial charge on any atom is 0.328 e. The van der Waals surface area contributed by atoms with Crippen molar-refractivity contribution in [2.45, 2.75) is 25.2 Å². The Hall–Kier alpha value is -2.17. The summed E-state index contributed by atoms with van der Waals surface area (Å²) in [6.07, 6.45) is 9.74. The number of fused-ring (bicyclic) bond motifs is 1. The van der Waals surface area contributed by atoms with Gasteiger partial charge >= 0.3 is 5.97 Å². The third-order valence-corrected chi connectivity index (χ3v) is 3.34. The van der Waals surface area contributed by atoms with Gasteiger partial charge in [0.2, 0.25) is 0 Å². The van der Waals surface area contributed by atoms with Crippen LogP contribution in [0.25, 0.3) is 11.7 Å². The Kier molecular flexibility index (Phi) is 2.59. The lowest BCUT2D eigenvalue weighted by Gasteiger charge is -2.23. The van der Waals surface area contributed by atoms with E-state index in [9.17, 15) is 4.79 Å². The smallest absolute Gasteiger partial charge is 0.328 e. The van der Waals surface area contributed by atoms with E-state index in [0.29, 0.717) is 5.92 Å². The van der Waals surface area contributed by atoms with Gasteiger partial charge in [-0.25, -0.2) is 14.3 Å². The molecule has 3 rings (SSSR count). The molecule has 0 unspecified atom stereocenters. The summed E-state index contributed by atoms with van der Waals surface area (Å²) < 4.78 is 1.72. The SMILES string of the molecule is O=C(O)/C=C/c1c(C2CCC2)nn2cccnc12. The monoisotopic (exact) mass is 243 g/mol. The van der Waals surface area contributed by atoms with E-state index in [1.807, 2.05) is 12.3 Å². The van der Waals surface area contributed by atoms with Crippen molar-refractivity contribution in [1.82, 2.24) is 14.6 Å². The zero-order valence-corrected chi connectivity index (χ0v) is 9.78. The average molecular weight is 243 g/mol. The van der Waals surface area contributed by atoms with Crippen molar-refractivity contribution >= 4 is 17.7 Å². The topological polar surface area (TPSA) is 67.5 Å². The fourth-order valence-corrected chi connectivity index (χ4v) is 2.22. The molecule has 0 amide bonds. The van der Waals surface area contributed by atoms with Gasteiger partial charge < -0.3 is 5.11 Å². The normalized spacial score (nSPS) is 16.2. The van der Waals surface area contributed by atoms with Crippen molar-refractivity contribution in [2.24, 2.45) is 0 Å². The molecule has 18 heavy (non-hydrogen) atoms. The van der Waals surface area contributed by atoms with Crippen LogP contribution in [-0.2, 0) is 4.79 Å². The maximum absolute atomic E-state index is 10.7. The van der Waals surface area contributed by atoms with Crippen LogP contribution in [0.4, 0.5) is 0 Å². The summed E-state index contributed by atoms with van der Waals surface area (Å²) in [4.78, 5) is 14.9. The first-order chi connectivity index (χ1) is 8.75. The van der Waals surface area contributed by atoms with Gasteiger partial charge in [0, 0.05) is 30.0 Å². The Morgan fingerprint density at radius 1 is 1.50 bits per heavy atom. The fourth-order valence-electron chi connectivity index (χ4n) is 2.22. The highest BCUT2D eigenvalue weighted by atomic mass is 16.4. The second-order valence-corrected chi connectivity index (χ2v) is 4.49. The number of carboxylic acid groups (broad SMARTS) is 1. The van der Waals surface area contributed by atoms with E-state index >= 15 is 0 Å². The van der Waals surface area contributed by atoms with Crippen LogP contribution in [-0.4, -0.2) is 25.7 Å². The molecule has 0 spiro atoms. The molecule has 92 valence electrons. The van der Waals surface area contributed by atoms with Gasteiger partial charge in [-0.3, -0.25) is 0 Å².